The molecule has 0 amide bonds. The van der Waals surface area contributed by atoms with E-state index >= 15 is 0 Å². The van der Waals surface area contributed by atoms with Crippen molar-refractivity contribution in [2.45, 2.75) is 32.6 Å². The molecule has 0 aliphatic carbocycles. The van der Waals surface area contributed by atoms with Gasteiger partial charge in [-0.3, -0.25) is 0 Å². The van der Waals surface area contributed by atoms with E-state index in [4.69, 9.17) is 16.3 Å². The van der Waals surface area contributed by atoms with E-state index in [1.54, 1.807) is 0 Å². The molecule has 1 heterocycles. The van der Waals surface area contributed by atoms with Crippen LogP contribution in [0.3, 0.4) is 0 Å². The van der Waals surface area contributed by atoms with Crippen molar-refractivity contribution in [1.82, 2.24) is 10.2 Å². The standard InChI is InChI=1S/C8H9ClF2N2O.C2H6/c1-8(10,11)6-3-5(4-9)7(14-2)13-12-6;1-2/h3H,4H2,1-2H3;1-2H3. The monoisotopic (exact) mass is 252 g/mol. The van der Waals surface area contributed by atoms with Crippen molar-refractivity contribution in [1.29, 1.82) is 0 Å². The number of halogens is 3. The molecule has 92 valence electrons. The summed E-state index contributed by atoms with van der Waals surface area (Å²) in [5.74, 6) is -2.78. The maximum Gasteiger partial charge on any atom is 0.288 e. The zero-order chi connectivity index (χ0) is 12.8. The highest BCUT2D eigenvalue weighted by molar-refractivity contribution is 6.17. The van der Waals surface area contributed by atoms with Gasteiger partial charge in [0.15, 0.2) is 0 Å². The second kappa shape index (κ2) is 6.58. The normalized spacial score (nSPS) is 10.4. The molecule has 1 aromatic rings. The van der Waals surface area contributed by atoms with Gasteiger partial charge < -0.3 is 4.74 Å². The van der Waals surface area contributed by atoms with Gasteiger partial charge in [-0.05, 0) is 6.07 Å². The second-order valence-corrected chi connectivity index (χ2v) is 3.05. The summed E-state index contributed by atoms with van der Waals surface area (Å²) in [6.45, 7) is 4.75. The number of ether oxygens (including phenoxy) is 1. The quantitative estimate of drug-likeness (QED) is 0.774. The molecular formula is C10H15ClF2N2O. The molecule has 0 atom stereocenters. The fraction of sp³-hybridized carbons (Fsp3) is 0.600. The molecule has 0 aromatic carbocycles. The number of aromatic nitrogens is 2. The van der Waals surface area contributed by atoms with Crippen LogP contribution in [-0.4, -0.2) is 17.3 Å². The highest BCUT2D eigenvalue weighted by Crippen LogP contribution is 2.27. The van der Waals surface area contributed by atoms with Gasteiger partial charge in [-0.15, -0.1) is 21.8 Å². The largest absolute Gasteiger partial charge is 0.480 e. The van der Waals surface area contributed by atoms with Crippen molar-refractivity contribution < 1.29 is 13.5 Å². The van der Waals surface area contributed by atoms with E-state index in [1.807, 2.05) is 13.8 Å². The van der Waals surface area contributed by atoms with Crippen molar-refractivity contribution in [3.63, 3.8) is 0 Å². The fourth-order valence-corrected chi connectivity index (χ4v) is 1.09. The Hall–Kier alpha value is -0.970. The van der Waals surface area contributed by atoms with Gasteiger partial charge in [-0.2, -0.15) is 8.78 Å². The maximum absolute atomic E-state index is 12.8. The number of alkyl halides is 3. The first-order valence-corrected chi connectivity index (χ1v) is 5.37. The lowest BCUT2D eigenvalue weighted by Crippen LogP contribution is -2.12. The Kier molecular flexibility index (Phi) is 6.18. The van der Waals surface area contributed by atoms with Crippen molar-refractivity contribution in [2.75, 3.05) is 7.11 Å². The van der Waals surface area contributed by atoms with E-state index in [0.717, 1.165) is 6.92 Å². The second-order valence-electron chi connectivity index (χ2n) is 2.79. The Morgan fingerprint density at radius 1 is 1.38 bits per heavy atom. The summed E-state index contributed by atoms with van der Waals surface area (Å²) in [5, 5.41) is 6.84. The van der Waals surface area contributed by atoms with E-state index in [1.165, 1.54) is 13.2 Å². The lowest BCUT2D eigenvalue weighted by Gasteiger charge is -2.10. The van der Waals surface area contributed by atoms with Crippen LogP contribution >= 0.6 is 11.6 Å². The van der Waals surface area contributed by atoms with Crippen LogP contribution in [-0.2, 0) is 11.8 Å². The minimum absolute atomic E-state index is 0.0573. The highest BCUT2D eigenvalue weighted by Gasteiger charge is 2.27. The summed E-state index contributed by atoms with van der Waals surface area (Å²) in [4.78, 5) is 0. The Bertz CT molecular complexity index is 329. The smallest absolute Gasteiger partial charge is 0.288 e. The number of methoxy groups -OCH3 is 1. The van der Waals surface area contributed by atoms with Gasteiger partial charge in [-0.1, -0.05) is 13.8 Å². The van der Waals surface area contributed by atoms with Gasteiger partial charge in [0, 0.05) is 12.5 Å². The molecule has 0 spiro atoms. The van der Waals surface area contributed by atoms with Crippen molar-refractivity contribution in [2.24, 2.45) is 0 Å². The summed E-state index contributed by atoms with van der Waals surface area (Å²) >= 11 is 5.54. The molecule has 0 aliphatic rings. The Labute approximate surface area is 98.8 Å². The van der Waals surface area contributed by atoms with E-state index in [-0.39, 0.29) is 11.8 Å². The molecular weight excluding hydrogens is 238 g/mol. The van der Waals surface area contributed by atoms with Crippen LogP contribution in [0.5, 0.6) is 5.88 Å². The lowest BCUT2D eigenvalue weighted by molar-refractivity contribution is 0.0116. The van der Waals surface area contributed by atoms with E-state index in [0.29, 0.717) is 5.56 Å². The Morgan fingerprint density at radius 3 is 2.31 bits per heavy atom. The molecule has 0 saturated heterocycles. The van der Waals surface area contributed by atoms with Gasteiger partial charge in [0.25, 0.3) is 5.92 Å². The SMILES string of the molecule is CC.COc1nnc(C(C)(F)F)cc1CCl. The van der Waals surface area contributed by atoms with Crippen LogP contribution in [0.15, 0.2) is 6.07 Å². The lowest BCUT2D eigenvalue weighted by atomic mass is 10.2. The average molecular weight is 253 g/mol. The molecule has 0 fully saturated rings. The van der Waals surface area contributed by atoms with Crippen molar-refractivity contribution in [3.05, 3.63) is 17.3 Å². The zero-order valence-corrected chi connectivity index (χ0v) is 10.5. The molecule has 0 saturated carbocycles. The summed E-state index contributed by atoms with van der Waals surface area (Å²) < 4.78 is 30.4. The predicted octanol–water partition coefficient (Wildman–Crippen LogP) is 3.36. The van der Waals surface area contributed by atoms with Crippen LogP contribution in [0.1, 0.15) is 32.0 Å². The average Bonchev–Trinajstić information content (AvgIpc) is 2.29. The fourth-order valence-electron chi connectivity index (χ4n) is 0.901. The van der Waals surface area contributed by atoms with Crippen LogP contribution in [0.2, 0.25) is 0 Å². The van der Waals surface area contributed by atoms with E-state index < -0.39 is 11.6 Å². The maximum atomic E-state index is 12.8. The van der Waals surface area contributed by atoms with Crippen molar-refractivity contribution in [3.8, 4) is 5.88 Å². The van der Waals surface area contributed by atoms with Gasteiger partial charge >= 0.3 is 0 Å². The molecule has 0 radical (unpaired) electrons. The first kappa shape index (κ1) is 15.0. The number of rotatable bonds is 3. The number of nitrogens with zero attached hydrogens (tertiary/aromatic N) is 2. The van der Waals surface area contributed by atoms with Crippen LogP contribution in [0.4, 0.5) is 8.78 Å². The number of hydrogen-bond acceptors (Lipinski definition) is 3. The topological polar surface area (TPSA) is 35.0 Å². The first-order valence-electron chi connectivity index (χ1n) is 4.84. The summed E-state index contributed by atoms with van der Waals surface area (Å²) in [6, 6.07) is 1.19. The Morgan fingerprint density at radius 2 is 1.94 bits per heavy atom. The van der Waals surface area contributed by atoms with Crippen LogP contribution in [0, 0.1) is 0 Å². The third-order valence-electron chi connectivity index (χ3n) is 1.62. The first-order chi connectivity index (χ1) is 7.49. The van der Waals surface area contributed by atoms with Gasteiger partial charge in [0.05, 0.1) is 13.0 Å². The summed E-state index contributed by atoms with van der Waals surface area (Å²) in [6.07, 6.45) is 0. The Balaban J connectivity index is 0.00000106. The van der Waals surface area contributed by atoms with Crippen molar-refractivity contribution >= 4 is 11.6 Å². The molecule has 0 N–H and O–H groups in total. The van der Waals surface area contributed by atoms with E-state index in [2.05, 4.69) is 10.2 Å². The molecule has 3 nitrogen and oxygen atoms in total. The molecule has 0 aliphatic heterocycles. The molecule has 6 heteroatoms. The summed E-state index contributed by atoms with van der Waals surface area (Å²) in [5.41, 5.74) is -0.00496. The predicted molar refractivity (Wildman–Crippen MR) is 59.1 cm³/mol. The summed E-state index contributed by atoms with van der Waals surface area (Å²) in [7, 11) is 1.38. The molecule has 1 aromatic heterocycles. The third kappa shape index (κ3) is 3.89. The molecule has 0 unspecified atom stereocenters. The molecule has 16 heavy (non-hydrogen) atoms. The van der Waals surface area contributed by atoms with Gasteiger partial charge in [0.1, 0.15) is 5.69 Å². The third-order valence-corrected chi connectivity index (χ3v) is 1.91. The minimum Gasteiger partial charge on any atom is -0.480 e. The number of hydrogen-bond donors (Lipinski definition) is 0. The highest BCUT2D eigenvalue weighted by atomic mass is 35.5. The molecule has 1 rings (SSSR count). The zero-order valence-electron chi connectivity index (χ0n) is 9.72. The minimum atomic E-state index is -3.01. The van der Waals surface area contributed by atoms with E-state index in [9.17, 15) is 8.78 Å². The van der Waals surface area contributed by atoms with Crippen LogP contribution < -0.4 is 4.74 Å². The van der Waals surface area contributed by atoms with Gasteiger partial charge in [0.2, 0.25) is 5.88 Å². The molecule has 0 bridgehead atoms. The van der Waals surface area contributed by atoms with Gasteiger partial charge in [-0.25, -0.2) is 0 Å². The van der Waals surface area contributed by atoms with Crippen LogP contribution in [0.25, 0.3) is 0 Å².